The van der Waals surface area contributed by atoms with Crippen molar-refractivity contribution in [1.29, 1.82) is 0 Å². The van der Waals surface area contributed by atoms with Crippen molar-refractivity contribution < 1.29 is 27.9 Å². The predicted octanol–water partition coefficient (Wildman–Crippen LogP) is 1.33. The Balaban J connectivity index is 2.43. The van der Waals surface area contributed by atoms with E-state index in [0.717, 1.165) is 6.26 Å². The van der Waals surface area contributed by atoms with Crippen LogP contribution in [0.25, 0.3) is 0 Å². The van der Waals surface area contributed by atoms with E-state index >= 15 is 0 Å². The van der Waals surface area contributed by atoms with E-state index in [4.69, 9.17) is 4.74 Å². The van der Waals surface area contributed by atoms with Crippen molar-refractivity contribution in [2.45, 2.75) is 45.9 Å². The van der Waals surface area contributed by atoms with Gasteiger partial charge in [-0.05, 0) is 39.0 Å². The van der Waals surface area contributed by atoms with Gasteiger partial charge in [-0.3, -0.25) is 9.52 Å². The molecule has 0 fully saturated rings. The maximum atomic E-state index is 13.3. The molecule has 1 aromatic carbocycles. The van der Waals surface area contributed by atoms with Crippen LogP contribution in [0.4, 0.5) is 10.5 Å². The molecule has 0 saturated heterocycles. The molecule has 10 nitrogen and oxygen atoms in total. The molecule has 0 bridgehead atoms. The Hall–Kier alpha value is -2.53. The van der Waals surface area contributed by atoms with Crippen molar-refractivity contribution in [2.24, 2.45) is 5.92 Å². The van der Waals surface area contributed by atoms with E-state index in [1.54, 1.807) is 24.9 Å². The van der Waals surface area contributed by atoms with Gasteiger partial charge in [-0.2, -0.15) is 0 Å². The Morgan fingerprint density at radius 2 is 2.00 bits per heavy atom. The fraction of sp³-hybridized carbons (Fsp3) is 0.619. The van der Waals surface area contributed by atoms with E-state index in [2.05, 4.69) is 10.0 Å². The van der Waals surface area contributed by atoms with Crippen LogP contribution in [0.5, 0.6) is 5.75 Å². The summed E-state index contributed by atoms with van der Waals surface area (Å²) in [6.45, 7) is 7.76. The van der Waals surface area contributed by atoms with Crippen LogP contribution in [-0.2, 0) is 10.0 Å². The highest BCUT2D eigenvalue weighted by molar-refractivity contribution is 7.92. The highest BCUT2D eigenvalue weighted by Crippen LogP contribution is 2.30. The van der Waals surface area contributed by atoms with Crippen LogP contribution in [0.2, 0.25) is 0 Å². The van der Waals surface area contributed by atoms with Crippen LogP contribution in [-0.4, -0.2) is 86.4 Å². The average Bonchev–Trinajstić information content (AvgIpc) is 2.68. The first-order chi connectivity index (χ1) is 14.8. The molecule has 1 aromatic rings. The number of fused-ring (bicyclic) bond motifs is 1. The second kappa shape index (κ2) is 10.4. The maximum absolute atomic E-state index is 13.3. The van der Waals surface area contributed by atoms with Crippen molar-refractivity contribution >= 4 is 27.6 Å². The smallest absolute Gasteiger partial charge is 0.317 e. The Kier molecular flexibility index (Phi) is 8.35. The molecule has 1 aliphatic heterocycles. The molecule has 11 heteroatoms. The molecule has 1 heterocycles. The minimum atomic E-state index is -3.53. The number of urea groups is 1. The summed E-state index contributed by atoms with van der Waals surface area (Å²) in [5, 5.41) is 12.5. The molecule has 0 spiro atoms. The summed E-state index contributed by atoms with van der Waals surface area (Å²) in [7, 11) is -1.86. The molecular formula is C21H34N4O6S. The van der Waals surface area contributed by atoms with Gasteiger partial charge in [0.15, 0.2) is 0 Å². The van der Waals surface area contributed by atoms with Crippen LogP contribution < -0.4 is 14.8 Å². The number of aliphatic hydroxyl groups is 1. The zero-order valence-corrected chi connectivity index (χ0v) is 20.3. The summed E-state index contributed by atoms with van der Waals surface area (Å²) in [5.41, 5.74) is 0.420. The van der Waals surface area contributed by atoms with Crippen LogP contribution in [0.3, 0.4) is 0 Å². The monoisotopic (exact) mass is 470 g/mol. The topological polar surface area (TPSA) is 128 Å². The van der Waals surface area contributed by atoms with Gasteiger partial charge in [0.2, 0.25) is 10.0 Å². The average molecular weight is 471 g/mol. The number of carbonyl (C=O) groups is 2. The Morgan fingerprint density at radius 3 is 2.56 bits per heavy atom. The van der Waals surface area contributed by atoms with E-state index in [9.17, 15) is 23.1 Å². The Labute approximate surface area is 190 Å². The highest BCUT2D eigenvalue weighted by atomic mass is 32.2. The minimum absolute atomic E-state index is 0.0133. The van der Waals surface area contributed by atoms with Crippen molar-refractivity contribution in [1.82, 2.24) is 15.1 Å². The zero-order valence-electron chi connectivity index (χ0n) is 19.5. The highest BCUT2D eigenvalue weighted by Gasteiger charge is 2.34. The SMILES string of the molecule is CC(C)NC(=O)N(C)C[C@H]1Oc2ccc(NS(C)(=O)=O)cc2C(=O)N([C@H](C)CO)C[C@@H]1C. The van der Waals surface area contributed by atoms with Crippen molar-refractivity contribution in [3.05, 3.63) is 23.8 Å². The van der Waals surface area contributed by atoms with Gasteiger partial charge < -0.3 is 25.0 Å². The van der Waals surface area contributed by atoms with E-state index in [1.165, 1.54) is 17.0 Å². The fourth-order valence-corrected chi connectivity index (χ4v) is 3.98. The number of carbonyl (C=O) groups excluding carboxylic acids is 2. The van der Waals surface area contributed by atoms with Gasteiger partial charge in [-0.1, -0.05) is 6.92 Å². The lowest BCUT2D eigenvalue weighted by molar-refractivity contribution is 0.0366. The van der Waals surface area contributed by atoms with Crippen molar-refractivity contribution in [3.63, 3.8) is 0 Å². The first-order valence-corrected chi connectivity index (χ1v) is 12.4. The molecule has 180 valence electrons. The second-order valence-electron chi connectivity index (χ2n) is 8.69. The maximum Gasteiger partial charge on any atom is 0.317 e. The number of sulfonamides is 1. The van der Waals surface area contributed by atoms with Gasteiger partial charge in [-0.15, -0.1) is 0 Å². The van der Waals surface area contributed by atoms with Crippen LogP contribution >= 0.6 is 0 Å². The van der Waals surface area contributed by atoms with Crippen molar-refractivity contribution in [3.8, 4) is 5.75 Å². The first-order valence-electron chi connectivity index (χ1n) is 10.5. The summed E-state index contributed by atoms with van der Waals surface area (Å²) in [5.74, 6) is -0.225. The van der Waals surface area contributed by atoms with E-state index in [0.29, 0.717) is 12.3 Å². The van der Waals surface area contributed by atoms with Crippen LogP contribution in [0.15, 0.2) is 18.2 Å². The lowest BCUT2D eigenvalue weighted by Gasteiger charge is -2.38. The molecule has 3 amide bonds. The summed E-state index contributed by atoms with van der Waals surface area (Å²) in [4.78, 5) is 28.8. The third-order valence-corrected chi connectivity index (χ3v) is 5.79. The van der Waals surface area contributed by atoms with E-state index in [1.807, 2.05) is 20.8 Å². The van der Waals surface area contributed by atoms with Crippen molar-refractivity contribution in [2.75, 3.05) is 37.7 Å². The first kappa shape index (κ1) is 25.7. The number of rotatable bonds is 7. The molecule has 0 saturated carbocycles. The number of amides is 3. The van der Waals surface area contributed by atoms with E-state index in [-0.39, 0.29) is 48.3 Å². The lowest BCUT2D eigenvalue weighted by atomic mass is 9.99. The molecule has 3 N–H and O–H groups in total. The number of hydrogen-bond donors (Lipinski definition) is 3. The fourth-order valence-electron chi connectivity index (χ4n) is 3.43. The normalized spacial score (nSPS) is 20.0. The number of hydrogen-bond acceptors (Lipinski definition) is 6. The zero-order chi connectivity index (χ0) is 24.2. The van der Waals surface area contributed by atoms with Gasteiger partial charge in [0.05, 0.1) is 31.0 Å². The van der Waals surface area contributed by atoms with Gasteiger partial charge in [0.1, 0.15) is 11.9 Å². The number of ether oxygens (including phenoxy) is 1. The van der Waals surface area contributed by atoms with E-state index < -0.39 is 22.2 Å². The molecule has 0 aliphatic carbocycles. The standard InChI is InChI=1S/C21H34N4O6S/c1-13(2)22-21(28)24(5)11-19-14(3)10-25(15(4)12-26)20(27)17-9-16(23-32(6,29)30)7-8-18(17)31-19/h7-9,13-15,19,23,26H,10-12H2,1-6H3,(H,22,28)/t14-,15+,19+/m0/s1. The van der Waals surface area contributed by atoms with Crippen LogP contribution in [0, 0.1) is 5.92 Å². The lowest BCUT2D eigenvalue weighted by Crippen LogP contribution is -2.51. The number of anilines is 1. The molecule has 0 aromatic heterocycles. The third kappa shape index (κ3) is 6.73. The van der Waals surface area contributed by atoms with Crippen LogP contribution in [0.1, 0.15) is 38.1 Å². The predicted molar refractivity (Wildman–Crippen MR) is 122 cm³/mol. The number of benzene rings is 1. The second-order valence-corrected chi connectivity index (χ2v) is 10.4. The molecule has 3 atom stereocenters. The summed E-state index contributed by atoms with van der Waals surface area (Å²) < 4.78 is 31.8. The minimum Gasteiger partial charge on any atom is -0.487 e. The largest absolute Gasteiger partial charge is 0.487 e. The molecule has 32 heavy (non-hydrogen) atoms. The Morgan fingerprint density at radius 1 is 1.34 bits per heavy atom. The summed E-state index contributed by atoms with van der Waals surface area (Å²) in [6, 6.07) is 3.79. The van der Waals surface area contributed by atoms with Gasteiger partial charge in [0, 0.05) is 31.2 Å². The molecule has 1 aliphatic rings. The third-order valence-electron chi connectivity index (χ3n) is 5.18. The van der Waals surface area contributed by atoms with Gasteiger partial charge in [0.25, 0.3) is 5.91 Å². The number of nitrogens with zero attached hydrogens (tertiary/aromatic N) is 2. The molecule has 2 rings (SSSR count). The summed E-state index contributed by atoms with van der Waals surface area (Å²) in [6.07, 6.45) is 0.588. The summed E-state index contributed by atoms with van der Waals surface area (Å²) >= 11 is 0. The van der Waals surface area contributed by atoms with Gasteiger partial charge in [-0.25, -0.2) is 13.2 Å². The van der Waals surface area contributed by atoms with Gasteiger partial charge >= 0.3 is 6.03 Å². The Bertz CT molecular complexity index is 936. The molecule has 0 unspecified atom stereocenters. The number of nitrogens with one attached hydrogen (secondary N) is 2. The number of aliphatic hydroxyl groups excluding tert-OH is 1. The number of likely N-dealkylation sites (N-methyl/N-ethyl adjacent to an activating group) is 1. The quantitative estimate of drug-likeness (QED) is 0.552. The molecular weight excluding hydrogens is 436 g/mol. The molecule has 0 radical (unpaired) electrons.